The number of amides is 8. The molecule has 11 N–H and O–H groups in total. The standard InChI is InChI=1S/C27H27Cl2FN6O2.C26H25Cl2FN6O2.C25H23Cl2FN6O2.C24H23Cl2FN6O2/c1-35(2)22-14-18(29)13-20(27(38)33-23-9-7-17(28)15-32-23)24(22)34-26(37)19-8-6-16(12-21(19)30)25(31)36-10-4-3-5-11-36;1-34(2)21-13-17(28)12-19(26(37)32-22-8-6-16(27)14-31-22)23(21)33-25(36)18-7-5-15(11-20(18)29)24(30)35-9-3-4-10-35;1-33(2)20-12-16(27)11-18(25(36)31-21-7-5-15(26)13-30-21)22(20)32-24(35)17-6-4-14(10-19(17)28)23-29-8-9-34(23)3;1-32(2)19-11-15(26)10-17(24(35)30-20-8-6-14(25)12-29-20)21(19)31-23(34)16-7-5-13(9-18(16)27)22(28)33(3)4/h6-9,12-15,31H,3-5,10-11H2,1-2H3,(H,34,37)(H,32,33,38);5-8,11-14,30H,3-4,9-10H2,1-2H3,(H,33,36)(H,31,32,37);4-7,10-13H,8-9H2,1-3H3,(H,32,35)(H,30,31,36);5-12,28H,1-4H3,(H,31,34)(H,29,30,35). The van der Waals surface area contributed by atoms with Crippen LogP contribution in [0.1, 0.15) is 137 Å². The highest BCUT2D eigenvalue weighted by molar-refractivity contribution is 6.35. The van der Waals surface area contributed by atoms with Gasteiger partial charge in [-0.2, -0.15) is 0 Å². The predicted octanol–water partition coefficient (Wildman–Crippen LogP) is 21.2. The number of aliphatic imine (C=N–C) groups is 1. The molecule has 2 saturated heterocycles. The molecule has 3 aliphatic heterocycles. The number of hydrogen-bond acceptors (Lipinski definition) is 21. The maximum atomic E-state index is 15.1. The number of likely N-dealkylation sites (N-methyl/N-ethyl adjacent to an activating group) is 1. The molecule has 2 fully saturated rings. The van der Waals surface area contributed by atoms with Crippen molar-refractivity contribution in [1.82, 2.24) is 39.5 Å². The van der Waals surface area contributed by atoms with E-state index in [4.69, 9.17) is 109 Å². The minimum atomic E-state index is -0.802. The SMILES string of the molecule is CN(C)C(=N)c1ccc(C(=O)Nc2c(C(=O)Nc3ccc(Cl)cn3)cc(Cl)cc2N(C)C)c(F)c1.CN(C)c1cc(Cl)cc(C(=O)Nc2ccc(Cl)cn2)c1NC(=O)c1ccc(C(=N)N2CCCC2)cc1F.CN(C)c1cc(Cl)cc(C(=O)Nc2ccc(Cl)cn2)c1NC(=O)c1ccc(C(=N)N2CCCCC2)cc1F.CN1CCN=C1c1ccc(C(=O)Nc2c(C(=O)Nc3ccc(Cl)cn3)cc(Cl)cc2N(C)C)c(F)c1. The summed E-state index contributed by atoms with van der Waals surface area (Å²) in [6, 6.07) is 40.8. The van der Waals surface area contributed by atoms with Gasteiger partial charge in [0.15, 0.2) is 0 Å². The van der Waals surface area contributed by atoms with Crippen molar-refractivity contribution in [3.63, 3.8) is 0 Å². The molecular formula is C102H98Cl8F4N24O8. The Bertz CT molecular complexity index is 7050. The number of likely N-dealkylation sites (tertiary alicyclic amines) is 2. The fraction of sp³-hybridized carbons (Fsp3) is 0.216. The summed E-state index contributed by atoms with van der Waals surface area (Å²) in [6.07, 6.45) is 10.6. The number of carbonyl (C=O) groups is 8. The van der Waals surface area contributed by atoms with Gasteiger partial charge in [0.2, 0.25) is 0 Å². The number of aromatic nitrogens is 4. The second-order valence-electron chi connectivity index (χ2n) is 34.1. The van der Waals surface area contributed by atoms with Crippen molar-refractivity contribution in [2.45, 2.75) is 32.1 Å². The minimum Gasteiger partial charge on any atom is -0.376 e. The summed E-state index contributed by atoms with van der Waals surface area (Å²) >= 11 is 48.5. The summed E-state index contributed by atoms with van der Waals surface area (Å²) in [6.45, 7) is 4.40. The average molecular weight is 2150 g/mol. The van der Waals surface area contributed by atoms with Crippen molar-refractivity contribution in [3.05, 3.63) is 325 Å². The summed E-state index contributed by atoms with van der Waals surface area (Å²) in [4.78, 5) is 140. The lowest BCUT2D eigenvalue weighted by molar-refractivity contribution is 0.100. The number of rotatable bonds is 24. The molecule has 0 aliphatic carbocycles. The van der Waals surface area contributed by atoms with E-state index in [1.165, 1.54) is 121 Å². The Labute approximate surface area is 878 Å². The van der Waals surface area contributed by atoms with E-state index in [1.807, 2.05) is 21.7 Å². The first kappa shape index (κ1) is 110. The first-order valence-corrected chi connectivity index (χ1v) is 47.8. The van der Waals surface area contributed by atoms with Crippen LogP contribution < -0.4 is 62.1 Å². The molecular weight excluding hydrogens is 2050 g/mol. The highest BCUT2D eigenvalue weighted by Crippen LogP contribution is 2.40. The molecule has 32 nitrogen and oxygen atoms in total. The maximum Gasteiger partial charge on any atom is 0.259 e. The van der Waals surface area contributed by atoms with E-state index in [0.29, 0.717) is 77.5 Å². The van der Waals surface area contributed by atoms with Crippen LogP contribution in [0, 0.1) is 39.5 Å². The lowest BCUT2D eigenvalue weighted by Crippen LogP contribution is -2.35. The van der Waals surface area contributed by atoms with E-state index in [2.05, 4.69) is 67.5 Å². The summed E-state index contributed by atoms with van der Waals surface area (Å²) < 4.78 is 60.0. The zero-order valence-corrected chi connectivity index (χ0v) is 86.4. The number of pyridine rings is 4. The van der Waals surface area contributed by atoms with Crippen molar-refractivity contribution in [2.24, 2.45) is 4.99 Å². The Hall–Kier alpha value is -14.8. The number of piperidine rings is 1. The average Bonchev–Trinajstić information content (AvgIpc) is 0.975. The summed E-state index contributed by atoms with van der Waals surface area (Å²) in [5.74, 6) is -6.10. The number of anilines is 12. The van der Waals surface area contributed by atoms with Crippen LogP contribution in [0.2, 0.25) is 40.2 Å². The van der Waals surface area contributed by atoms with Crippen LogP contribution in [-0.2, 0) is 0 Å². The van der Waals surface area contributed by atoms with Gasteiger partial charge < -0.3 is 81.7 Å². The van der Waals surface area contributed by atoms with Crippen molar-refractivity contribution in [1.29, 1.82) is 16.2 Å². The first-order chi connectivity index (χ1) is 69.4. The highest BCUT2D eigenvalue weighted by atomic mass is 35.5. The van der Waals surface area contributed by atoms with E-state index in [-0.39, 0.29) is 128 Å². The summed E-state index contributed by atoms with van der Waals surface area (Å²) in [5, 5.41) is 48.8. The van der Waals surface area contributed by atoms with Gasteiger partial charge in [0.25, 0.3) is 47.3 Å². The molecule has 0 atom stereocenters. The van der Waals surface area contributed by atoms with Crippen molar-refractivity contribution in [2.75, 3.05) is 179 Å². The smallest absolute Gasteiger partial charge is 0.259 e. The minimum absolute atomic E-state index is 0.0534. The number of carbonyl (C=O) groups excluding carboxylic acids is 8. The van der Waals surface area contributed by atoms with E-state index in [0.717, 1.165) is 70.9 Å². The third-order valence-corrected chi connectivity index (χ3v) is 24.4. The molecule has 3 aliphatic rings. The molecule has 0 unspecified atom stereocenters. The Morgan fingerprint density at radius 1 is 0.301 bits per heavy atom. The molecule has 0 bridgehead atoms. The Morgan fingerprint density at radius 2 is 0.562 bits per heavy atom. The molecule has 0 spiro atoms. The molecule has 8 amide bonds. The molecule has 758 valence electrons. The Morgan fingerprint density at radius 3 is 0.808 bits per heavy atom. The van der Waals surface area contributed by atoms with Crippen LogP contribution in [0.5, 0.6) is 0 Å². The van der Waals surface area contributed by atoms with Crippen LogP contribution >= 0.6 is 92.8 Å². The van der Waals surface area contributed by atoms with Crippen LogP contribution in [0.4, 0.5) is 86.3 Å². The molecule has 0 saturated carbocycles. The summed E-state index contributed by atoms with van der Waals surface area (Å²) in [5.41, 5.74) is 3.51. The van der Waals surface area contributed by atoms with Crippen molar-refractivity contribution in [3.8, 4) is 0 Å². The maximum absolute atomic E-state index is 15.1. The number of amidine groups is 4. The largest absolute Gasteiger partial charge is 0.376 e. The number of benzene rings is 8. The first-order valence-electron chi connectivity index (χ1n) is 44.8. The zero-order valence-electron chi connectivity index (χ0n) is 80.4. The lowest BCUT2D eigenvalue weighted by Gasteiger charge is -2.29. The lowest BCUT2D eigenvalue weighted by atomic mass is 10.1. The molecule has 44 heteroatoms. The van der Waals surface area contributed by atoms with E-state index < -0.39 is 70.5 Å². The quantitative estimate of drug-likeness (QED) is 0.0152. The van der Waals surface area contributed by atoms with Crippen LogP contribution in [-0.4, -0.2) is 227 Å². The number of hydrogen-bond donors (Lipinski definition) is 11. The predicted molar refractivity (Wildman–Crippen MR) is 574 cm³/mol. The third-order valence-electron chi connectivity index (χ3n) is 22.6. The van der Waals surface area contributed by atoms with Crippen molar-refractivity contribution < 1.29 is 55.9 Å². The molecule has 12 aromatic rings. The van der Waals surface area contributed by atoms with E-state index >= 15 is 13.2 Å². The van der Waals surface area contributed by atoms with Gasteiger partial charge in [0, 0.05) is 177 Å². The van der Waals surface area contributed by atoms with Gasteiger partial charge >= 0.3 is 0 Å². The van der Waals surface area contributed by atoms with Gasteiger partial charge in [-0.1, -0.05) is 117 Å². The monoisotopic (exact) mass is 2140 g/mol. The van der Waals surface area contributed by atoms with Gasteiger partial charge in [-0.3, -0.25) is 59.6 Å². The van der Waals surface area contributed by atoms with Gasteiger partial charge in [-0.15, -0.1) is 0 Å². The third kappa shape index (κ3) is 28.3. The van der Waals surface area contributed by atoms with Gasteiger partial charge in [-0.05, 0) is 178 Å². The van der Waals surface area contributed by atoms with Crippen LogP contribution in [0.15, 0.2) is 200 Å². The molecule has 15 rings (SSSR count). The normalized spacial score (nSPS) is 12.3. The second-order valence-corrected chi connectivity index (χ2v) is 37.6. The molecule has 146 heavy (non-hydrogen) atoms. The van der Waals surface area contributed by atoms with Gasteiger partial charge in [0.05, 0.1) is 117 Å². The molecule has 7 heterocycles. The van der Waals surface area contributed by atoms with E-state index in [1.54, 1.807) is 163 Å². The zero-order chi connectivity index (χ0) is 106. The highest BCUT2D eigenvalue weighted by Gasteiger charge is 2.31. The second kappa shape index (κ2) is 49.7. The van der Waals surface area contributed by atoms with Crippen LogP contribution in [0.3, 0.4) is 0 Å². The number of nitrogens with one attached hydrogen (secondary N) is 11. The van der Waals surface area contributed by atoms with Gasteiger partial charge in [-0.25, -0.2) is 37.5 Å². The molecule has 0 radical (unpaired) electrons. The van der Waals surface area contributed by atoms with Crippen LogP contribution in [0.25, 0.3) is 0 Å². The number of halogens is 12. The number of nitrogens with zero attached hydrogens (tertiary/aromatic N) is 13. The van der Waals surface area contributed by atoms with Crippen molar-refractivity contribution >= 4 is 232 Å². The fourth-order valence-electron chi connectivity index (χ4n) is 15.2. The molecule has 8 aromatic carbocycles. The summed E-state index contributed by atoms with van der Waals surface area (Å²) in [7, 11) is 19.0. The molecule has 4 aromatic heterocycles. The van der Waals surface area contributed by atoms with E-state index in [9.17, 15) is 42.7 Å². The Kier molecular flexibility index (Phi) is 37.4. The topological polar surface area (TPSA) is 394 Å². The van der Waals surface area contributed by atoms with Gasteiger partial charge in [0.1, 0.15) is 69.9 Å². The fourth-order valence-corrected chi connectivity index (χ4v) is 16.5. The Balaban J connectivity index is 0.000000173.